The fourth-order valence-electron chi connectivity index (χ4n) is 3.26. The van der Waals surface area contributed by atoms with Crippen molar-refractivity contribution in [2.24, 2.45) is 0 Å². The van der Waals surface area contributed by atoms with Crippen molar-refractivity contribution in [3.8, 4) is 0 Å². The Morgan fingerprint density at radius 2 is 1.68 bits per heavy atom. The second-order valence-corrected chi connectivity index (χ2v) is 7.08. The maximum absolute atomic E-state index is 12.7. The van der Waals surface area contributed by atoms with Gasteiger partial charge in [0.15, 0.2) is 0 Å². The van der Waals surface area contributed by atoms with Crippen molar-refractivity contribution in [2.45, 2.75) is 19.1 Å². The van der Waals surface area contributed by atoms with Crippen molar-refractivity contribution in [1.82, 2.24) is 5.32 Å². The summed E-state index contributed by atoms with van der Waals surface area (Å²) in [7, 11) is 0. The van der Waals surface area contributed by atoms with Crippen LogP contribution in [0.25, 0.3) is 0 Å². The van der Waals surface area contributed by atoms with Gasteiger partial charge in [0.25, 0.3) is 5.91 Å². The van der Waals surface area contributed by atoms with E-state index in [1.165, 1.54) is 17.0 Å². The molecule has 2 aromatic rings. The predicted octanol–water partition coefficient (Wildman–Crippen LogP) is 2.40. The predicted molar refractivity (Wildman–Crippen MR) is 99.2 cm³/mol. The number of aryl methyl sites for hydroxylation is 1. The van der Waals surface area contributed by atoms with Crippen LogP contribution in [-0.4, -0.2) is 38.8 Å². The highest BCUT2D eigenvalue weighted by Gasteiger charge is 2.30. The molecule has 1 aliphatic rings. The van der Waals surface area contributed by atoms with Gasteiger partial charge in [-0.25, -0.2) is 0 Å². The lowest BCUT2D eigenvalue weighted by Crippen LogP contribution is -3.14. The van der Waals surface area contributed by atoms with Gasteiger partial charge in [-0.15, -0.1) is 0 Å². The number of hydrogen-bond donors (Lipinski definition) is 2. The van der Waals surface area contributed by atoms with Crippen LogP contribution in [0.2, 0.25) is 0 Å². The topological polar surface area (TPSA) is 42.8 Å². The summed E-state index contributed by atoms with van der Waals surface area (Å²) in [5.41, 5.74) is 1.54. The Morgan fingerprint density at radius 3 is 2.25 bits per heavy atom. The van der Waals surface area contributed by atoms with Crippen LogP contribution >= 0.6 is 0 Å². The lowest BCUT2D eigenvalue weighted by Gasteiger charge is -2.28. The molecule has 0 aliphatic carbocycles. The minimum Gasteiger partial charge on any atom is -0.370 e. The van der Waals surface area contributed by atoms with E-state index in [1.54, 1.807) is 0 Å². The van der Waals surface area contributed by atoms with Crippen LogP contribution < -0.4 is 10.2 Å². The van der Waals surface area contributed by atoms with E-state index in [4.69, 9.17) is 4.74 Å². The first-order valence-electron chi connectivity index (χ1n) is 9.29. The van der Waals surface area contributed by atoms with Crippen LogP contribution in [0.3, 0.4) is 0 Å². The van der Waals surface area contributed by atoms with Crippen molar-refractivity contribution < 1.29 is 27.6 Å². The van der Waals surface area contributed by atoms with Gasteiger partial charge in [0.1, 0.15) is 25.7 Å². The van der Waals surface area contributed by atoms with Crippen molar-refractivity contribution in [2.75, 3.05) is 32.8 Å². The van der Waals surface area contributed by atoms with Gasteiger partial charge in [-0.3, -0.25) is 4.79 Å². The van der Waals surface area contributed by atoms with Crippen LogP contribution in [0.15, 0.2) is 48.5 Å². The third-order valence-corrected chi connectivity index (χ3v) is 4.95. The molecule has 0 spiro atoms. The average molecular weight is 393 g/mol. The number of amides is 1. The number of ether oxygens (including phenoxy) is 1. The third-order valence-electron chi connectivity index (χ3n) is 4.95. The normalized spacial score (nSPS) is 16.6. The fraction of sp³-hybridized carbons (Fsp3) is 0.381. The lowest BCUT2D eigenvalue weighted by molar-refractivity contribution is -0.909. The van der Waals surface area contributed by atoms with Gasteiger partial charge in [0, 0.05) is 5.56 Å². The number of benzene rings is 2. The first kappa shape index (κ1) is 20.4. The minimum absolute atomic E-state index is 0.210. The molecule has 150 valence electrons. The van der Waals surface area contributed by atoms with E-state index in [-0.39, 0.29) is 17.5 Å². The second kappa shape index (κ2) is 8.75. The number of quaternary nitrogens is 1. The first-order valence-corrected chi connectivity index (χ1v) is 9.29. The number of carbonyl (C=O) groups excluding carboxylic acids is 1. The molecule has 1 fully saturated rings. The van der Waals surface area contributed by atoms with E-state index in [9.17, 15) is 18.0 Å². The molecule has 0 bridgehead atoms. The largest absolute Gasteiger partial charge is 0.416 e. The molecule has 1 aliphatic heterocycles. The molecule has 0 saturated carbocycles. The molecule has 1 saturated heterocycles. The summed E-state index contributed by atoms with van der Waals surface area (Å²) < 4.78 is 43.6. The second-order valence-electron chi connectivity index (χ2n) is 7.08. The van der Waals surface area contributed by atoms with E-state index < -0.39 is 11.7 Å². The van der Waals surface area contributed by atoms with Gasteiger partial charge >= 0.3 is 6.18 Å². The monoisotopic (exact) mass is 393 g/mol. The van der Waals surface area contributed by atoms with Crippen molar-refractivity contribution in [3.05, 3.63) is 70.8 Å². The summed E-state index contributed by atoms with van der Waals surface area (Å²) in [5.74, 6) is -0.382. The number of halogens is 3. The van der Waals surface area contributed by atoms with Gasteiger partial charge in [-0.05, 0) is 36.8 Å². The Hall–Kier alpha value is -2.38. The molecule has 0 radical (unpaired) electrons. The van der Waals surface area contributed by atoms with Gasteiger partial charge in [0.2, 0.25) is 0 Å². The number of rotatable bonds is 5. The molecule has 1 heterocycles. The van der Waals surface area contributed by atoms with Crippen molar-refractivity contribution >= 4 is 5.91 Å². The van der Waals surface area contributed by atoms with Crippen molar-refractivity contribution in [3.63, 3.8) is 0 Å². The van der Waals surface area contributed by atoms with Gasteiger partial charge in [0.05, 0.1) is 18.8 Å². The highest BCUT2D eigenvalue weighted by Crippen LogP contribution is 2.29. The average Bonchev–Trinajstić information content (AvgIpc) is 2.68. The molecule has 2 aromatic carbocycles. The van der Waals surface area contributed by atoms with E-state index >= 15 is 0 Å². The number of alkyl halides is 3. The standard InChI is InChI=1S/C21H23F3N2O2/c1-15-2-4-16(5-3-15)19(14-26-10-12-28-13-11-26)25-20(27)17-6-8-18(9-7-17)21(22,23)24/h2-9,19H,10-14H2,1H3,(H,25,27)/p+1/t19-/m1/s1. The van der Waals surface area contributed by atoms with Crippen LogP contribution in [0.4, 0.5) is 13.2 Å². The molecular formula is C21H24F3N2O2+. The Kier molecular flexibility index (Phi) is 6.36. The SMILES string of the molecule is Cc1ccc([C@@H](C[NH+]2CCOCC2)NC(=O)c2ccc(C(F)(F)F)cc2)cc1. The molecule has 7 heteroatoms. The van der Waals surface area contributed by atoms with E-state index in [2.05, 4.69) is 5.32 Å². The number of nitrogens with one attached hydrogen (secondary N) is 2. The maximum atomic E-state index is 12.7. The van der Waals surface area contributed by atoms with E-state index in [0.29, 0.717) is 19.8 Å². The maximum Gasteiger partial charge on any atom is 0.416 e. The van der Waals surface area contributed by atoms with Crippen LogP contribution in [0, 0.1) is 6.92 Å². The van der Waals surface area contributed by atoms with Crippen LogP contribution in [-0.2, 0) is 10.9 Å². The first-order chi connectivity index (χ1) is 13.3. The fourth-order valence-corrected chi connectivity index (χ4v) is 3.26. The summed E-state index contributed by atoms with van der Waals surface area (Å²) >= 11 is 0. The van der Waals surface area contributed by atoms with E-state index in [1.807, 2.05) is 31.2 Å². The highest BCUT2D eigenvalue weighted by atomic mass is 19.4. The summed E-state index contributed by atoms with van der Waals surface area (Å²) in [4.78, 5) is 14.0. The Morgan fingerprint density at radius 1 is 1.07 bits per heavy atom. The molecule has 1 amide bonds. The van der Waals surface area contributed by atoms with Crippen LogP contribution in [0.5, 0.6) is 0 Å². The summed E-state index contributed by atoms with van der Waals surface area (Å²) in [6.45, 7) is 5.77. The van der Waals surface area contributed by atoms with Crippen LogP contribution in [0.1, 0.15) is 33.1 Å². The molecule has 4 nitrogen and oxygen atoms in total. The zero-order chi connectivity index (χ0) is 20.1. The third kappa shape index (κ3) is 5.33. The molecule has 3 rings (SSSR count). The molecule has 0 aromatic heterocycles. The summed E-state index contributed by atoms with van der Waals surface area (Å²) in [6.07, 6.45) is -4.42. The van der Waals surface area contributed by atoms with Gasteiger partial charge in [-0.1, -0.05) is 29.8 Å². The van der Waals surface area contributed by atoms with Gasteiger partial charge in [-0.2, -0.15) is 13.2 Å². The molecule has 28 heavy (non-hydrogen) atoms. The van der Waals surface area contributed by atoms with Crippen molar-refractivity contribution in [1.29, 1.82) is 0 Å². The molecule has 0 unspecified atom stereocenters. The lowest BCUT2D eigenvalue weighted by atomic mass is 10.0. The van der Waals surface area contributed by atoms with E-state index in [0.717, 1.165) is 36.3 Å². The Bertz CT molecular complexity index is 783. The minimum atomic E-state index is -4.42. The summed E-state index contributed by atoms with van der Waals surface area (Å²) in [6, 6.07) is 12.0. The smallest absolute Gasteiger partial charge is 0.370 e. The Labute approximate surface area is 162 Å². The molecule has 2 N–H and O–H groups in total. The summed E-state index contributed by atoms with van der Waals surface area (Å²) in [5, 5.41) is 2.99. The number of morpholine rings is 1. The zero-order valence-corrected chi connectivity index (χ0v) is 15.7. The molecular weight excluding hydrogens is 369 g/mol. The zero-order valence-electron chi connectivity index (χ0n) is 15.7. The quantitative estimate of drug-likeness (QED) is 0.819. The Balaban J connectivity index is 1.75. The van der Waals surface area contributed by atoms with Gasteiger partial charge < -0.3 is 15.0 Å². The molecule has 1 atom stereocenters. The highest BCUT2D eigenvalue weighted by molar-refractivity contribution is 5.94. The number of hydrogen-bond acceptors (Lipinski definition) is 2. The number of carbonyl (C=O) groups is 1.